The van der Waals surface area contributed by atoms with Crippen LogP contribution in [0.1, 0.15) is 10.4 Å². The number of nitrogens with one attached hydrogen (secondary N) is 1. The van der Waals surface area contributed by atoms with Crippen molar-refractivity contribution in [2.75, 3.05) is 5.32 Å². The largest absolute Gasteiger partial charge is 0.507 e. The Bertz CT molecular complexity index is 589. The van der Waals surface area contributed by atoms with Gasteiger partial charge in [0.2, 0.25) is 0 Å². The highest BCUT2D eigenvalue weighted by molar-refractivity contribution is 9.10. The molecule has 7 heteroatoms. The average molecular weight is 329 g/mol. The molecule has 0 aliphatic heterocycles. The van der Waals surface area contributed by atoms with Crippen molar-refractivity contribution in [3.63, 3.8) is 0 Å². The minimum absolute atomic E-state index is 0.00941. The minimum atomic E-state index is -0.394. The summed E-state index contributed by atoms with van der Waals surface area (Å²) in [6, 6.07) is 7.55. The number of aromatic nitrogens is 2. The molecular weight excluding hydrogens is 321 g/mol. The topological polar surface area (TPSA) is 75.1 Å². The van der Waals surface area contributed by atoms with Crippen molar-refractivity contribution in [2.45, 2.75) is 0 Å². The Morgan fingerprint density at radius 2 is 2.06 bits per heavy atom. The summed E-state index contributed by atoms with van der Waals surface area (Å²) in [6.45, 7) is 0. The van der Waals surface area contributed by atoms with E-state index in [4.69, 9.17) is 11.6 Å². The number of carbonyl (C=O) groups excluding carboxylic acids is 1. The van der Waals surface area contributed by atoms with Crippen LogP contribution < -0.4 is 5.32 Å². The van der Waals surface area contributed by atoms with Gasteiger partial charge in [0.15, 0.2) is 11.0 Å². The predicted molar refractivity (Wildman–Crippen MR) is 70.8 cm³/mol. The lowest BCUT2D eigenvalue weighted by molar-refractivity contribution is 0.102. The minimum Gasteiger partial charge on any atom is -0.507 e. The maximum Gasteiger partial charge on any atom is 0.256 e. The van der Waals surface area contributed by atoms with Gasteiger partial charge in [0.05, 0.1) is 4.47 Å². The Kier molecular flexibility index (Phi) is 3.78. The lowest BCUT2D eigenvalue weighted by atomic mass is 10.2. The van der Waals surface area contributed by atoms with Crippen LogP contribution >= 0.6 is 27.5 Å². The number of carbonyl (C=O) groups is 1. The van der Waals surface area contributed by atoms with Gasteiger partial charge < -0.3 is 10.4 Å². The molecule has 1 aromatic carbocycles. The third kappa shape index (κ3) is 2.96. The van der Waals surface area contributed by atoms with Crippen LogP contribution in [0.3, 0.4) is 0 Å². The molecule has 0 spiro atoms. The lowest BCUT2D eigenvalue weighted by Crippen LogP contribution is -2.13. The highest BCUT2D eigenvalue weighted by atomic mass is 79.9. The number of benzene rings is 1. The van der Waals surface area contributed by atoms with Gasteiger partial charge in [-0.2, -0.15) is 0 Å². The molecule has 1 aromatic heterocycles. The van der Waals surface area contributed by atoms with E-state index < -0.39 is 5.91 Å². The van der Waals surface area contributed by atoms with Crippen molar-refractivity contribution in [1.29, 1.82) is 0 Å². The highest BCUT2D eigenvalue weighted by Gasteiger charge is 2.09. The van der Waals surface area contributed by atoms with Crippen LogP contribution in [0.15, 0.2) is 34.8 Å². The Hall–Kier alpha value is -1.66. The second-order valence-electron chi connectivity index (χ2n) is 3.36. The SMILES string of the molecule is O=C(Nc1ccc(Cl)nn1)c1ccc(Br)c(O)c1. The zero-order valence-electron chi connectivity index (χ0n) is 8.89. The number of phenolic OH excluding ortho intramolecular Hbond substituents is 1. The lowest BCUT2D eigenvalue weighted by Gasteiger charge is -2.04. The van der Waals surface area contributed by atoms with E-state index >= 15 is 0 Å². The second kappa shape index (κ2) is 5.32. The van der Waals surface area contributed by atoms with E-state index in [1.807, 2.05) is 0 Å². The van der Waals surface area contributed by atoms with Gasteiger partial charge in [0.1, 0.15) is 5.75 Å². The van der Waals surface area contributed by atoms with E-state index in [9.17, 15) is 9.90 Å². The van der Waals surface area contributed by atoms with Gasteiger partial charge in [-0.15, -0.1) is 10.2 Å². The molecule has 1 amide bonds. The molecule has 0 aliphatic carbocycles. The van der Waals surface area contributed by atoms with Crippen molar-refractivity contribution >= 4 is 39.3 Å². The van der Waals surface area contributed by atoms with Crippen LogP contribution in [-0.4, -0.2) is 21.2 Å². The molecule has 0 radical (unpaired) electrons. The quantitative estimate of drug-likeness (QED) is 0.889. The molecule has 2 N–H and O–H groups in total. The maximum atomic E-state index is 11.8. The third-order valence-corrected chi connectivity index (χ3v) is 2.95. The standard InChI is InChI=1S/C11H7BrClN3O2/c12-7-2-1-6(5-8(7)17)11(18)14-10-4-3-9(13)15-16-10/h1-5,17H,(H,14,16,18). The number of rotatable bonds is 2. The molecule has 1 heterocycles. The summed E-state index contributed by atoms with van der Waals surface area (Å²) in [7, 11) is 0. The van der Waals surface area contributed by atoms with Gasteiger partial charge in [-0.3, -0.25) is 4.79 Å². The van der Waals surface area contributed by atoms with E-state index in [1.54, 1.807) is 12.1 Å². The van der Waals surface area contributed by atoms with Crippen molar-refractivity contribution < 1.29 is 9.90 Å². The predicted octanol–water partition coefficient (Wildman–Crippen LogP) is 2.85. The summed E-state index contributed by atoms with van der Waals surface area (Å²) in [5, 5.41) is 19.6. The molecule has 0 bridgehead atoms. The Morgan fingerprint density at radius 1 is 1.28 bits per heavy atom. The van der Waals surface area contributed by atoms with Crippen LogP contribution in [0.25, 0.3) is 0 Å². The van der Waals surface area contributed by atoms with Crippen LogP contribution in [0.2, 0.25) is 5.15 Å². The van der Waals surface area contributed by atoms with Crippen molar-refractivity contribution in [2.24, 2.45) is 0 Å². The van der Waals surface area contributed by atoms with Crippen molar-refractivity contribution in [3.8, 4) is 5.75 Å². The fraction of sp³-hybridized carbons (Fsp3) is 0. The van der Waals surface area contributed by atoms with Gasteiger partial charge in [-0.25, -0.2) is 0 Å². The molecule has 0 fully saturated rings. The number of aromatic hydroxyl groups is 1. The molecule has 0 aliphatic rings. The molecule has 0 unspecified atom stereocenters. The van der Waals surface area contributed by atoms with E-state index in [1.165, 1.54) is 18.2 Å². The summed E-state index contributed by atoms with van der Waals surface area (Å²) in [4.78, 5) is 11.8. The first kappa shape index (κ1) is 12.8. The molecule has 0 atom stereocenters. The van der Waals surface area contributed by atoms with Crippen molar-refractivity contribution in [1.82, 2.24) is 10.2 Å². The van der Waals surface area contributed by atoms with Crippen LogP contribution in [0.4, 0.5) is 5.82 Å². The Balaban J connectivity index is 2.16. The van der Waals surface area contributed by atoms with Crippen LogP contribution in [0.5, 0.6) is 5.75 Å². The zero-order chi connectivity index (χ0) is 13.1. The number of nitrogens with zero attached hydrogens (tertiary/aromatic N) is 2. The first-order valence-corrected chi connectivity index (χ1v) is 6.02. The molecular formula is C11H7BrClN3O2. The van der Waals surface area contributed by atoms with E-state index in [2.05, 4.69) is 31.4 Å². The van der Waals surface area contributed by atoms with Gasteiger partial charge in [-0.1, -0.05) is 11.6 Å². The number of hydrogen-bond acceptors (Lipinski definition) is 4. The fourth-order valence-electron chi connectivity index (χ4n) is 1.23. The number of halogens is 2. The zero-order valence-corrected chi connectivity index (χ0v) is 11.2. The number of amides is 1. The first-order chi connectivity index (χ1) is 8.56. The van der Waals surface area contributed by atoms with Gasteiger partial charge >= 0.3 is 0 Å². The Morgan fingerprint density at radius 3 is 2.67 bits per heavy atom. The molecule has 5 nitrogen and oxygen atoms in total. The molecule has 18 heavy (non-hydrogen) atoms. The number of hydrogen-bond donors (Lipinski definition) is 2. The molecule has 92 valence electrons. The summed E-state index contributed by atoms with van der Waals surface area (Å²) >= 11 is 8.71. The summed E-state index contributed by atoms with van der Waals surface area (Å²) in [5.41, 5.74) is 0.312. The van der Waals surface area contributed by atoms with E-state index in [0.717, 1.165) is 0 Å². The monoisotopic (exact) mass is 327 g/mol. The normalized spacial score (nSPS) is 10.1. The summed E-state index contributed by atoms with van der Waals surface area (Å²) in [6.07, 6.45) is 0. The second-order valence-corrected chi connectivity index (χ2v) is 4.60. The van der Waals surface area contributed by atoms with Crippen LogP contribution in [-0.2, 0) is 0 Å². The van der Waals surface area contributed by atoms with E-state index in [0.29, 0.717) is 10.0 Å². The maximum absolute atomic E-state index is 11.8. The summed E-state index contributed by atoms with van der Waals surface area (Å²) < 4.78 is 0.519. The molecule has 0 saturated carbocycles. The summed E-state index contributed by atoms with van der Waals surface area (Å²) in [5.74, 6) is -0.119. The van der Waals surface area contributed by atoms with Gasteiger partial charge in [-0.05, 0) is 46.3 Å². The smallest absolute Gasteiger partial charge is 0.256 e. The van der Waals surface area contributed by atoms with E-state index in [-0.39, 0.29) is 16.7 Å². The number of phenols is 1. The number of anilines is 1. The molecule has 0 saturated heterocycles. The fourth-order valence-corrected chi connectivity index (χ4v) is 1.57. The van der Waals surface area contributed by atoms with Gasteiger partial charge in [0.25, 0.3) is 5.91 Å². The highest BCUT2D eigenvalue weighted by Crippen LogP contribution is 2.24. The molecule has 2 rings (SSSR count). The Labute approximate surface area is 116 Å². The van der Waals surface area contributed by atoms with Crippen LogP contribution in [0, 0.1) is 0 Å². The molecule has 2 aromatic rings. The first-order valence-electron chi connectivity index (χ1n) is 4.85. The third-order valence-electron chi connectivity index (χ3n) is 2.08. The van der Waals surface area contributed by atoms with Crippen molar-refractivity contribution in [3.05, 3.63) is 45.5 Å². The average Bonchev–Trinajstić information content (AvgIpc) is 2.35. The van der Waals surface area contributed by atoms with Gasteiger partial charge in [0, 0.05) is 5.56 Å².